The average molecular weight is 335 g/mol. The Morgan fingerprint density at radius 2 is 1.75 bits per heavy atom. The molecule has 132 valence electrons. The lowest BCUT2D eigenvalue weighted by molar-refractivity contribution is -0.163. The molecule has 0 spiro atoms. The summed E-state index contributed by atoms with van der Waals surface area (Å²) in [6, 6.07) is 9.26. The van der Waals surface area contributed by atoms with Gasteiger partial charge in [0.05, 0.1) is 6.10 Å². The van der Waals surface area contributed by atoms with Crippen LogP contribution in [0.25, 0.3) is 0 Å². The summed E-state index contributed by atoms with van der Waals surface area (Å²) in [6.45, 7) is 4.68. The molecule has 0 unspecified atom stereocenters. The number of methoxy groups -OCH3 is 1. The molecule has 2 rings (SSSR count). The number of carbonyl (C=O) groups excluding carboxylic acids is 2. The highest BCUT2D eigenvalue weighted by Crippen LogP contribution is 2.22. The van der Waals surface area contributed by atoms with E-state index in [-0.39, 0.29) is 18.3 Å². The minimum Gasteiger partial charge on any atom is -0.460 e. The number of hydrogen-bond donors (Lipinski definition) is 0. The van der Waals surface area contributed by atoms with E-state index < -0.39 is 12.1 Å². The molecule has 1 atom stereocenters. The van der Waals surface area contributed by atoms with E-state index in [2.05, 4.69) is 0 Å². The second-order valence-corrected chi connectivity index (χ2v) is 6.08. The third-order valence-electron chi connectivity index (χ3n) is 3.87. The molecule has 0 saturated carbocycles. The largest absolute Gasteiger partial charge is 0.460 e. The first kappa shape index (κ1) is 18.3. The number of ether oxygens (including phenoxy) is 3. The van der Waals surface area contributed by atoms with E-state index >= 15 is 0 Å². The summed E-state index contributed by atoms with van der Waals surface area (Å²) in [5.41, 5.74) is 0.767. The molecule has 1 aliphatic rings. The lowest BCUT2D eigenvalue weighted by atomic mass is 10.1. The molecular weight excluding hydrogens is 310 g/mol. The predicted molar refractivity (Wildman–Crippen MR) is 88.5 cm³/mol. The van der Waals surface area contributed by atoms with Crippen LogP contribution in [-0.2, 0) is 19.0 Å². The smallest absolute Gasteiger partial charge is 0.410 e. The molecule has 24 heavy (non-hydrogen) atoms. The second kappa shape index (κ2) is 8.68. The summed E-state index contributed by atoms with van der Waals surface area (Å²) in [4.78, 5) is 25.9. The Morgan fingerprint density at radius 1 is 1.12 bits per heavy atom. The minimum absolute atomic E-state index is 0.138. The van der Waals surface area contributed by atoms with Gasteiger partial charge in [-0.15, -0.1) is 0 Å². The van der Waals surface area contributed by atoms with Gasteiger partial charge in [-0.3, -0.25) is 0 Å². The van der Waals surface area contributed by atoms with E-state index in [1.807, 2.05) is 44.2 Å². The summed E-state index contributed by atoms with van der Waals surface area (Å²) >= 11 is 0. The van der Waals surface area contributed by atoms with Crippen LogP contribution in [0.5, 0.6) is 0 Å². The van der Waals surface area contributed by atoms with Crippen molar-refractivity contribution in [3.63, 3.8) is 0 Å². The molecule has 1 fully saturated rings. The van der Waals surface area contributed by atoms with Crippen molar-refractivity contribution in [3.05, 3.63) is 35.9 Å². The van der Waals surface area contributed by atoms with Crippen LogP contribution < -0.4 is 0 Å². The number of hydrogen-bond acceptors (Lipinski definition) is 5. The fourth-order valence-corrected chi connectivity index (χ4v) is 2.65. The fraction of sp³-hybridized carbons (Fsp3) is 0.556. The monoisotopic (exact) mass is 335 g/mol. The second-order valence-electron chi connectivity index (χ2n) is 6.08. The number of esters is 1. The van der Waals surface area contributed by atoms with Gasteiger partial charge < -0.3 is 19.1 Å². The zero-order valence-corrected chi connectivity index (χ0v) is 14.4. The molecule has 0 N–H and O–H groups in total. The average Bonchev–Trinajstić information content (AvgIpc) is 2.56. The van der Waals surface area contributed by atoms with Gasteiger partial charge >= 0.3 is 12.1 Å². The Bertz CT molecular complexity index is 538. The van der Waals surface area contributed by atoms with Crippen LogP contribution in [0.1, 0.15) is 38.4 Å². The molecule has 0 aliphatic carbocycles. The van der Waals surface area contributed by atoms with Gasteiger partial charge in [-0.1, -0.05) is 30.3 Å². The van der Waals surface area contributed by atoms with E-state index in [0.717, 1.165) is 5.56 Å². The SMILES string of the molecule is CO[C@@H](C(=O)OC1CCN(C(=O)OC(C)C)CC1)c1ccccc1. The van der Waals surface area contributed by atoms with Crippen molar-refractivity contribution >= 4 is 12.1 Å². The van der Waals surface area contributed by atoms with Crippen LogP contribution >= 0.6 is 0 Å². The van der Waals surface area contributed by atoms with Gasteiger partial charge in [-0.05, 0) is 19.4 Å². The first-order valence-corrected chi connectivity index (χ1v) is 8.25. The molecule has 1 saturated heterocycles. The van der Waals surface area contributed by atoms with E-state index in [1.165, 1.54) is 7.11 Å². The van der Waals surface area contributed by atoms with Crippen LogP contribution in [0.2, 0.25) is 0 Å². The van der Waals surface area contributed by atoms with Crippen LogP contribution in [0.3, 0.4) is 0 Å². The minimum atomic E-state index is -0.727. The maximum Gasteiger partial charge on any atom is 0.410 e. The molecular formula is C18H25NO5. The highest BCUT2D eigenvalue weighted by atomic mass is 16.6. The molecule has 0 bridgehead atoms. The molecule has 1 aromatic rings. The van der Waals surface area contributed by atoms with Crippen molar-refractivity contribution in [1.82, 2.24) is 4.90 Å². The van der Waals surface area contributed by atoms with Crippen molar-refractivity contribution in [2.75, 3.05) is 20.2 Å². The van der Waals surface area contributed by atoms with Crippen LogP contribution in [0, 0.1) is 0 Å². The summed E-state index contributed by atoms with van der Waals surface area (Å²) in [7, 11) is 1.49. The number of rotatable bonds is 5. The maximum atomic E-state index is 12.4. The van der Waals surface area contributed by atoms with E-state index in [1.54, 1.807) is 4.90 Å². The Kier molecular flexibility index (Phi) is 6.61. The van der Waals surface area contributed by atoms with Crippen molar-refractivity contribution < 1.29 is 23.8 Å². The number of amides is 1. The number of nitrogens with zero attached hydrogens (tertiary/aromatic N) is 1. The Morgan fingerprint density at radius 3 is 2.29 bits per heavy atom. The third-order valence-corrected chi connectivity index (χ3v) is 3.87. The molecule has 1 heterocycles. The first-order valence-electron chi connectivity index (χ1n) is 8.25. The molecule has 1 amide bonds. The quantitative estimate of drug-likeness (QED) is 0.774. The van der Waals surface area contributed by atoms with Gasteiger partial charge in [0.25, 0.3) is 0 Å². The van der Waals surface area contributed by atoms with Gasteiger partial charge in [-0.2, -0.15) is 0 Å². The van der Waals surface area contributed by atoms with Crippen molar-refractivity contribution in [2.24, 2.45) is 0 Å². The zero-order valence-electron chi connectivity index (χ0n) is 14.4. The zero-order chi connectivity index (χ0) is 17.5. The summed E-state index contributed by atoms with van der Waals surface area (Å²) in [5, 5.41) is 0. The normalized spacial score (nSPS) is 16.8. The van der Waals surface area contributed by atoms with Gasteiger partial charge in [0.15, 0.2) is 6.10 Å². The molecule has 1 aliphatic heterocycles. The standard InChI is InChI=1S/C18H25NO5/c1-13(2)23-18(21)19-11-9-15(10-12-19)24-17(20)16(22-3)14-7-5-4-6-8-14/h4-8,13,15-16H,9-12H2,1-3H3/t16-/m1/s1. The highest BCUT2D eigenvalue weighted by molar-refractivity contribution is 5.76. The highest BCUT2D eigenvalue weighted by Gasteiger charge is 2.29. The summed E-state index contributed by atoms with van der Waals surface area (Å²) < 4.78 is 16.0. The number of benzene rings is 1. The Balaban J connectivity index is 1.84. The fourth-order valence-electron chi connectivity index (χ4n) is 2.65. The topological polar surface area (TPSA) is 65.1 Å². The van der Waals surface area contributed by atoms with Crippen molar-refractivity contribution in [1.29, 1.82) is 0 Å². The molecule has 0 aromatic heterocycles. The summed E-state index contributed by atoms with van der Waals surface area (Å²) in [6.07, 6.45) is -0.179. The van der Waals surface area contributed by atoms with Gasteiger partial charge in [0.2, 0.25) is 0 Å². The molecule has 1 aromatic carbocycles. The lowest BCUT2D eigenvalue weighted by Gasteiger charge is -2.32. The van der Waals surface area contributed by atoms with Gasteiger partial charge in [-0.25, -0.2) is 9.59 Å². The lowest BCUT2D eigenvalue weighted by Crippen LogP contribution is -2.42. The number of carbonyl (C=O) groups is 2. The van der Waals surface area contributed by atoms with E-state index in [9.17, 15) is 9.59 Å². The Labute approximate surface area is 142 Å². The Hall–Kier alpha value is -2.08. The van der Waals surface area contributed by atoms with Crippen LogP contribution in [-0.4, -0.2) is 49.4 Å². The summed E-state index contributed by atoms with van der Waals surface area (Å²) in [5.74, 6) is -0.396. The van der Waals surface area contributed by atoms with E-state index in [4.69, 9.17) is 14.2 Å². The van der Waals surface area contributed by atoms with Crippen molar-refractivity contribution in [2.45, 2.75) is 45.0 Å². The number of likely N-dealkylation sites (tertiary alicyclic amines) is 1. The van der Waals surface area contributed by atoms with Gasteiger partial charge in [0, 0.05) is 33.0 Å². The predicted octanol–water partition coefficient (Wildman–Crippen LogP) is 2.93. The van der Waals surface area contributed by atoms with Crippen LogP contribution in [0.15, 0.2) is 30.3 Å². The number of piperidine rings is 1. The maximum absolute atomic E-state index is 12.4. The van der Waals surface area contributed by atoms with Crippen LogP contribution in [0.4, 0.5) is 4.79 Å². The molecule has 6 nitrogen and oxygen atoms in total. The molecule has 6 heteroatoms. The van der Waals surface area contributed by atoms with E-state index in [0.29, 0.717) is 25.9 Å². The third kappa shape index (κ3) is 4.96. The van der Waals surface area contributed by atoms with Gasteiger partial charge in [0.1, 0.15) is 6.10 Å². The van der Waals surface area contributed by atoms with Crippen molar-refractivity contribution in [3.8, 4) is 0 Å². The molecule has 0 radical (unpaired) electrons. The first-order chi connectivity index (χ1) is 11.5.